The van der Waals surface area contributed by atoms with E-state index < -0.39 is 6.29 Å². The molecule has 4 heteroatoms. The molecular weight excluding hydrogens is 268 g/mol. The summed E-state index contributed by atoms with van der Waals surface area (Å²) in [5, 5.41) is 10.0. The second kappa shape index (κ2) is 5.50. The molecule has 0 aromatic heterocycles. The molecule has 108 valence electrons. The number of methoxy groups -OCH3 is 2. The van der Waals surface area contributed by atoms with Crippen molar-refractivity contribution in [3.05, 3.63) is 59.7 Å². The first-order chi connectivity index (χ1) is 10.2. The molecule has 0 radical (unpaired) electrons. The lowest BCUT2D eigenvalue weighted by Gasteiger charge is -2.25. The van der Waals surface area contributed by atoms with Gasteiger partial charge in [-0.15, -0.1) is 0 Å². The van der Waals surface area contributed by atoms with E-state index in [2.05, 4.69) is 0 Å². The highest BCUT2D eigenvalue weighted by Gasteiger charge is 2.23. The van der Waals surface area contributed by atoms with E-state index in [1.54, 1.807) is 19.2 Å². The number of rotatable bonds is 3. The summed E-state index contributed by atoms with van der Waals surface area (Å²) in [6.07, 6.45) is 1.42. The van der Waals surface area contributed by atoms with E-state index in [1.807, 2.05) is 36.4 Å². The zero-order valence-electron chi connectivity index (χ0n) is 11.9. The Kier molecular flexibility index (Phi) is 3.54. The maximum Gasteiger partial charge on any atom is 0.220 e. The first-order valence-corrected chi connectivity index (χ1v) is 6.61. The SMILES string of the molecule is COc1cc2c(cc1O)C(c1ccccc1)=C[C@@H](OC)O2. The van der Waals surface area contributed by atoms with E-state index in [1.165, 1.54) is 7.11 Å². The number of aromatic hydroxyl groups is 1. The zero-order valence-corrected chi connectivity index (χ0v) is 11.9. The number of hydrogen-bond donors (Lipinski definition) is 1. The fourth-order valence-corrected chi connectivity index (χ4v) is 2.39. The van der Waals surface area contributed by atoms with Crippen LogP contribution >= 0.6 is 0 Å². The topological polar surface area (TPSA) is 47.9 Å². The van der Waals surface area contributed by atoms with Crippen LogP contribution in [0.4, 0.5) is 0 Å². The molecule has 2 aromatic carbocycles. The molecule has 0 fully saturated rings. The molecule has 0 aliphatic carbocycles. The third-order valence-electron chi connectivity index (χ3n) is 3.43. The van der Waals surface area contributed by atoms with Crippen LogP contribution in [-0.4, -0.2) is 25.6 Å². The van der Waals surface area contributed by atoms with Crippen LogP contribution in [0.25, 0.3) is 5.57 Å². The quantitative estimate of drug-likeness (QED) is 0.940. The van der Waals surface area contributed by atoms with Crippen LogP contribution < -0.4 is 9.47 Å². The van der Waals surface area contributed by atoms with Gasteiger partial charge in [-0.05, 0) is 23.3 Å². The normalized spacial score (nSPS) is 16.7. The summed E-state index contributed by atoms with van der Waals surface area (Å²) in [6.45, 7) is 0. The minimum Gasteiger partial charge on any atom is -0.504 e. The van der Waals surface area contributed by atoms with E-state index in [-0.39, 0.29) is 5.75 Å². The molecule has 0 spiro atoms. The summed E-state index contributed by atoms with van der Waals surface area (Å²) in [7, 11) is 3.10. The van der Waals surface area contributed by atoms with Crippen LogP contribution in [0.3, 0.4) is 0 Å². The summed E-state index contributed by atoms with van der Waals surface area (Å²) < 4.78 is 16.2. The molecular formula is C17H16O4. The first kappa shape index (κ1) is 13.5. The lowest BCUT2D eigenvalue weighted by atomic mass is 9.94. The molecule has 3 rings (SSSR count). The number of benzene rings is 2. The van der Waals surface area contributed by atoms with Gasteiger partial charge in [0.15, 0.2) is 11.5 Å². The predicted molar refractivity (Wildman–Crippen MR) is 79.6 cm³/mol. The Morgan fingerprint density at radius 2 is 1.86 bits per heavy atom. The van der Waals surface area contributed by atoms with Gasteiger partial charge >= 0.3 is 0 Å². The standard InChI is InChI=1S/C17H16O4/c1-19-16-10-15-13(8-14(16)18)12(9-17(20-2)21-15)11-6-4-3-5-7-11/h3-10,17-18H,1-2H3/t17-/m0/s1. The predicted octanol–water partition coefficient (Wildman–Crippen LogP) is 3.20. The molecule has 1 atom stereocenters. The minimum absolute atomic E-state index is 0.0811. The molecule has 0 unspecified atom stereocenters. The van der Waals surface area contributed by atoms with Gasteiger partial charge in [0, 0.05) is 18.7 Å². The van der Waals surface area contributed by atoms with Crippen LogP contribution in [0, 0.1) is 0 Å². The second-order valence-electron chi connectivity index (χ2n) is 4.69. The van der Waals surface area contributed by atoms with Gasteiger partial charge in [0.25, 0.3) is 0 Å². The number of phenolic OH excluding ortho intramolecular Hbond substituents is 1. The summed E-state index contributed by atoms with van der Waals surface area (Å²) in [5.74, 6) is 1.08. The molecule has 0 amide bonds. The fraction of sp³-hybridized carbons (Fsp3) is 0.176. The number of fused-ring (bicyclic) bond motifs is 1. The molecule has 1 N–H and O–H groups in total. The third kappa shape index (κ3) is 2.45. The van der Waals surface area contributed by atoms with E-state index >= 15 is 0 Å². The first-order valence-electron chi connectivity index (χ1n) is 6.61. The van der Waals surface area contributed by atoms with Crippen molar-refractivity contribution in [3.8, 4) is 17.2 Å². The van der Waals surface area contributed by atoms with E-state index in [9.17, 15) is 5.11 Å². The average molecular weight is 284 g/mol. The Morgan fingerprint density at radius 1 is 1.10 bits per heavy atom. The van der Waals surface area contributed by atoms with Crippen molar-refractivity contribution in [2.45, 2.75) is 6.29 Å². The molecule has 4 nitrogen and oxygen atoms in total. The van der Waals surface area contributed by atoms with E-state index in [0.717, 1.165) is 16.7 Å². The summed E-state index contributed by atoms with van der Waals surface area (Å²) in [6, 6.07) is 13.2. The molecule has 1 heterocycles. The Balaban J connectivity index is 2.16. The van der Waals surface area contributed by atoms with E-state index in [4.69, 9.17) is 14.2 Å². The van der Waals surface area contributed by atoms with Crippen molar-refractivity contribution in [2.24, 2.45) is 0 Å². The largest absolute Gasteiger partial charge is 0.504 e. The highest BCUT2D eigenvalue weighted by molar-refractivity contribution is 5.85. The van der Waals surface area contributed by atoms with Gasteiger partial charge in [0.2, 0.25) is 6.29 Å². The highest BCUT2D eigenvalue weighted by Crippen LogP contribution is 2.42. The molecule has 2 aromatic rings. The molecule has 21 heavy (non-hydrogen) atoms. The third-order valence-corrected chi connectivity index (χ3v) is 3.43. The Bertz CT molecular complexity index is 677. The van der Waals surface area contributed by atoms with Crippen molar-refractivity contribution in [3.63, 3.8) is 0 Å². The smallest absolute Gasteiger partial charge is 0.220 e. The summed E-state index contributed by atoms with van der Waals surface area (Å²) in [5.41, 5.74) is 2.81. The molecule has 0 saturated carbocycles. The van der Waals surface area contributed by atoms with Crippen molar-refractivity contribution < 1.29 is 19.3 Å². The second-order valence-corrected chi connectivity index (χ2v) is 4.69. The number of hydrogen-bond acceptors (Lipinski definition) is 4. The summed E-state index contributed by atoms with van der Waals surface area (Å²) >= 11 is 0. The van der Waals surface area contributed by atoms with Crippen LogP contribution in [0.5, 0.6) is 17.2 Å². The van der Waals surface area contributed by atoms with Crippen molar-refractivity contribution in [2.75, 3.05) is 14.2 Å². The van der Waals surface area contributed by atoms with Gasteiger partial charge < -0.3 is 19.3 Å². The maximum absolute atomic E-state index is 10.0. The van der Waals surface area contributed by atoms with Crippen molar-refractivity contribution >= 4 is 5.57 Å². The Morgan fingerprint density at radius 3 is 2.52 bits per heavy atom. The minimum atomic E-state index is -0.470. The molecule has 1 aliphatic heterocycles. The van der Waals surface area contributed by atoms with Gasteiger partial charge in [-0.1, -0.05) is 30.3 Å². The maximum atomic E-state index is 10.0. The van der Waals surface area contributed by atoms with Crippen LogP contribution in [0.15, 0.2) is 48.5 Å². The lowest BCUT2D eigenvalue weighted by Crippen LogP contribution is -2.21. The Hall–Kier alpha value is -2.46. The van der Waals surface area contributed by atoms with Crippen LogP contribution in [0.2, 0.25) is 0 Å². The fourth-order valence-electron chi connectivity index (χ4n) is 2.39. The Labute approximate surface area is 123 Å². The van der Waals surface area contributed by atoms with Gasteiger partial charge in [-0.3, -0.25) is 0 Å². The van der Waals surface area contributed by atoms with Crippen LogP contribution in [0.1, 0.15) is 11.1 Å². The molecule has 1 aliphatic rings. The number of ether oxygens (including phenoxy) is 3. The van der Waals surface area contributed by atoms with Crippen molar-refractivity contribution in [1.29, 1.82) is 0 Å². The molecule has 0 bridgehead atoms. The molecule has 0 saturated heterocycles. The highest BCUT2D eigenvalue weighted by atomic mass is 16.7. The lowest BCUT2D eigenvalue weighted by molar-refractivity contribution is -0.0176. The van der Waals surface area contributed by atoms with E-state index in [0.29, 0.717) is 11.5 Å². The van der Waals surface area contributed by atoms with Crippen LogP contribution in [-0.2, 0) is 4.74 Å². The van der Waals surface area contributed by atoms with Crippen molar-refractivity contribution in [1.82, 2.24) is 0 Å². The number of phenols is 1. The van der Waals surface area contributed by atoms with Gasteiger partial charge in [0.1, 0.15) is 5.75 Å². The summed E-state index contributed by atoms with van der Waals surface area (Å²) in [4.78, 5) is 0. The van der Waals surface area contributed by atoms with Gasteiger partial charge in [-0.2, -0.15) is 0 Å². The monoisotopic (exact) mass is 284 g/mol. The van der Waals surface area contributed by atoms with Gasteiger partial charge in [0.05, 0.1) is 7.11 Å². The average Bonchev–Trinajstić information content (AvgIpc) is 2.54. The zero-order chi connectivity index (χ0) is 14.8. The van der Waals surface area contributed by atoms with Gasteiger partial charge in [-0.25, -0.2) is 0 Å².